The summed E-state index contributed by atoms with van der Waals surface area (Å²) < 4.78 is 14.5. The highest BCUT2D eigenvalue weighted by molar-refractivity contribution is 9.10. The monoisotopic (exact) mass is 545 g/mol. The van der Waals surface area contributed by atoms with Crippen LogP contribution in [0.5, 0.6) is 0 Å². The number of halogens is 3. The molecule has 0 saturated carbocycles. The maximum absolute atomic E-state index is 13.8. The van der Waals surface area contributed by atoms with Gasteiger partial charge in [-0.25, -0.2) is 4.39 Å². The molecular weight excluding hydrogens is 521 g/mol. The van der Waals surface area contributed by atoms with Crippen LogP contribution in [0.2, 0.25) is 5.02 Å². The van der Waals surface area contributed by atoms with Crippen LogP contribution in [-0.2, 0) is 6.54 Å². The third kappa shape index (κ3) is 6.65. The first-order valence-corrected chi connectivity index (χ1v) is 11.9. The molecule has 0 radical (unpaired) electrons. The van der Waals surface area contributed by atoms with Gasteiger partial charge < -0.3 is 16.0 Å². The molecule has 5 nitrogen and oxygen atoms in total. The number of amides is 2. The molecule has 3 aromatic carbocycles. The van der Waals surface area contributed by atoms with Gasteiger partial charge in [0.25, 0.3) is 11.8 Å². The second-order valence-electron chi connectivity index (χ2n) is 8.78. The van der Waals surface area contributed by atoms with Gasteiger partial charge in [0.2, 0.25) is 0 Å². The Labute approximate surface area is 212 Å². The van der Waals surface area contributed by atoms with Crippen LogP contribution in [0.15, 0.2) is 71.2 Å². The predicted octanol–water partition coefficient (Wildman–Crippen LogP) is 6.12. The lowest BCUT2D eigenvalue weighted by Crippen LogP contribution is -2.41. The zero-order valence-corrected chi connectivity index (χ0v) is 21.3. The summed E-state index contributed by atoms with van der Waals surface area (Å²) in [6.45, 7) is 4.76. The lowest BCUT2D eigenvalue weighted by molar-refractivity contribution is 0.0672. The third-order valence-corrected chi connectivity index (χ3v) is 6.37. The molecule has 0 aliphatic heterocycles. The molecular formula is C26H26BrClFN3O2. The quantitative estimate of drug-likeness (QED) is 0.357. The van der Waals surface area contributed by atoms with E-state index in [9.17, 15) is 14.0 Å². The molecule has 34 heavy (non-hydrogen) atoms. The zero-order valence-electron chi connectivity index (χ0n) is 18.9. The number of anilines is 1. The third-order valence-electron chi connectivity index (χ3n) is 5.31. The van der Waals surface area contributed by atoms with Crippen molar-refractivity contribution in [1.82, 2.24) is 4.90 Å². The van der Waals surface area contributed by atoms with Crippen LogP contribution in [0, 0.1) is 11.2 Å². The number of carbonyl (C=O) groups is 2. The molecule has 3 aromatic rings. The molecule has 0 unspecified atom stereocenters. The first kappa shape index (κ1) is 25.9. The zero-order chi connectivity index (χ0) is 24.9. The van der Waals surface area contributed by atoms with E-state index in [-0.39, 0.29) is 29.3 Å². The van der Waals surface area contributed by atoms with Crippen LogP contribution in [0.1, 0.15) is 40.1 Å². The van der Waals surface area contributed by atoms with Crippen LogP contribution in [-0.4, -0.2) is 29.8 Å². The normalized spacial score (nSPS) is 11.2. The second-order valence-corrected chi connectivity index (χ2v) is 10.0. The van der Waals surface area contributed by atoms with Gasteiger partial charge in [-0.05, 0) is 82.0 Å². The topological polar surface area (TPSA) is 75.4 Å². The summed E-state index contributed by atoms with van der Waals surface area (Å²) in [7, 11) is 0. The van der Waals surface area contributed by atoms with Crippen LogP contribution in [0.25, 0.3) is 0 Å². The van der Waals surface area contributed by atoms with Crippen LogP contribution >= 0.6 is 27.5 Å². The summed E-state index contributed by atoms with van der Waals surface area (Å²) in [5.74, 6) is -1.10. The number of carbonyl (C=O) groups excluding carboxylic acids is 2. The average Bonchev–Trinajstić information content (AvgIpc) is 2.80. The van der Waals surface area contributed by atoms with E-state index in [0.29, 0.717) is 39.4 Å². The Kier molecular flexibility index (Phi) is 8.47. The van der Waals surface area contributed by atoms with Gasteiger partial charge >= 0.3 is 0 Å². The van der Waals surface area contributed by atoms with Gasteiger partial charge in [0.05, 0.1) is 5.56 Å². The van der Waals surface area contributed by atoms with E-state index in [4.69, 9.17) is 17.3 Å². The van der Waals surface area contributed by atoms with E-state index in [1.165, 1.54) is 18.2 Å². The van der Waals surface area contributed by atoms with Crippen molar-refractivity contribution in [1.29, 1.82) is 0 Å². The minimum absolute atomic E-state index is 0.163. The van der Waals surface area contributed by atoms with E-state index in [2.05, 4.69) is 21.2 Å². The Morgan fingerprint density at radius 3 is 2.50 bits per heavy atom. The minimum atomic E-state index is -0.487. The fourth-order valence-corrected chi connectivity index (χ4v) is 4.05. The number of benzene rings is 3. The summed E-state index contributed by atoms with van der Waals surface area (Å²) in [6.07, 6.45) is 0. The standard InChI is InChI=1S/C26H26BrClFN3O2/c1-26(2,15-30)16-32(25(34)17-6-5-7-19(29)12-17)14-18-13-20(10-11-23(18)28)31-24(33)21-8-3-4-9-22(21)27/h3-13H,14-16,30H2,1-2H3,(H,31,33). The minimum Gasteiger partial charge on any atom is -0.334 e. The predicted molar refractivity (Wildman–Crippen MR) is 138 cm³/mol. The van der Waals surface area contributed by atoms with E-state index in [0.717, 1.165) is 0 Å². The summed E-state index contributed by atoms with van der Waals surface area (Å²) in [5, 5.41) is 3.31. The molecule has 0 atom stereocenters. The molecule has 3 rings (SSSR count). The van der Waals surface area contributed by atoms with E-state index >= 15 is 0 Å². The molecule has 0 spiro atoms. The number of hydrogen-bond acceptors (Lipinski definition) is 3. The Morgan fingerprint density at radius 1 is 1.09 bits per heavy atom. The van der Waals surface area contributed by atoms with Crippen molar-refractivity contribution >= 4 is 45.0 Å². The van der Waals surface area contributed by atoms with Gasteiger partial charge in [0, 0.05) is 33.8 Å². The molecule has 0 saturated heterocycles. The fourth-order valence-electron chi connectivity index (χ4n) is 3.41. The van der Waals surface area contributed by atoms with E-state index in [1.54, 1.807) is 47.4 Å². The largest absolute Gasteiger partial charge is 0.334 e. The Morgan fingerprint density at radius 2 is 1.82 bits per heavy atom. The number of nitrogens with two attached hydrogens (primary N) is 1. The Bertz CT molecular complexity index is 1200. The highest BCUT2D eigenvalue weighted by Gasteiger charge is 2.26. The van der Waals surface area contributed by atoms with Crippen molar-refractivity contribution in [3.63, 3.8) is 0 Å². The van der Waals surface area contributed by atoms with Gasteiger partial charge in [-0.3, -0.25) is 9.59 Å². The maximum Gasteiger partial charge on any atom is 0.256 e. The summed E-state index contributed by atoms with van der Waals surface area (Å²) in [5.41, 5.74) is 7.45. The summed E-state index contributed by atoms with van der Waals surface area (Å²) in [4.78, 5) is 27.6. The van der Waals surface area contributed by atoms with Crippen molar-refractivity contribution in [3.8, 4) is 0 Å². The fraction of sp³-hybridized carbons (Fsp3) is 0.231. The molecule has 0 fully saturated rings. The SMILES string of the molecule is CC(C)(CN)CN(Cc1cc(NC(=O)c2ccccc2Br)ccc1Cl)C(=O)c1cccc(F)c1. The molecule has 3 N–H and O–H groups in total. The molecule has 0 bridgehead atoms. The average molecular weight is 547 g/mol. The van der Waals surface area contributed by atoms with E-state index < -0.39 is 5.82 Å². The number of rotatable bonds is 8. The van der Waals surface area contributed by atoms with Crippen molar-refractivity contribution < 1.29 is 14.0 Å². The lowest BCUT2D eigenvalue weighted by atomic mass is 9.92. The van der Waals surface area contributed by atoms with Crippen LogP contribution in [0.3, 0.4) is 0 Å². The van der Waals surface area contributed by atoms with Gasteiger partial charge in [-0.2, -0.15) is 0 Å². The van der Waals surface area contributed by atoms with Crippen molar-refractivity contribution in [3.05, 3.63) is 98.7 Å². The Hall–Kier alpha value is -2.74. The van der Waals surface area contributed by atoms with Crippen molar-refractivity contribution in [2.24, 2.45) is 11.1 Å². The highest BCUT2D eigenvalue weighted by Crippen LogP contribution is 2.26. The number of nitrogens with one attached hydrogen (secondary N) is 1. The van der Waals surface area contributed by atoms with Gasteiger partial charge in [-0.1, -0.05) is 43.6 Å². The summed E-state index contributed by atoms with van der Waals surface area (Å²) in [6, 6.07) is 17.8. The van der Waals surface area contributed by atoms with Gasteiger partial charge in [-0.15, -0.1) is 0 Å². The maximum atomic E-state index is 13.8. The molecule has 178 valence electrons. The number of hydrogen-bond donors (Lipinski definition) is 2. The first-order valence-electron chi connectivity index (χ1n) is 10.7. The van der Waals surface area contributed by atoms with Crippen LogP contribution < -0.4 is 11.1 Å². The highest BCUT2D eigenvalue weighted by atomic mass is 79.9. The second kappa shape index (κ2) is 11.1. The molecule has 0 aromatic heterocycles. The van der Waals surface area contributed by atoms with Gasteiger partial charge in [0.1, 0.15) is 5.82 Å². The van der Waals surface area contributed by atoms with Crippen molar-refractivity contribution in [2.45, 2.75) is 20.4 Å². The molecule has 2 amide bonds. The van der Waals surface area contributed by atoms with E-state index in [1.807, 2.05) is 19.9 Å². The molecule has 0 aliphatic carbocycles. The lowest BCUT2D eigenvalue weighted by Gasteiger charge is -2.32. The summed E-state index contributed by atoms with van der Waals surface area (Å²) >= 11 is 9.84. The van der Waals surface area contributed by atoms with Crippen LogP contribution in [0.4, 0.5) is 10.1 Å². The molecule has 0 heterocycles. The van der Waals surface area contributed by atoms with Crippen molar-refractivity contribution in [2.75, 3.05) is 18.4 Å². The molecule has 8 heteroatoms. The van der Waals surface area contributed by atoms with Gasteiger partial charge in [0.15, 0.2) is 0 Å². The molecule has 0 aliphatic rings. The first-order chi connectivity index (χ1) is 16.1. The number of nitrogens with zero attached hydrogens (tertiary/aromatic N) is 1. The Balaban J connectivity index is 1.88. The smallest absolute Gasteiger partial charge is 0.256 e.